The monoisotopic (exact) mass is 409 g/mol. The number of benzene rings is 1. The Hall–Kier alpha value is -2.75. The molecule has 2 atom stereocenters. The lowest BCUT2D eigenvalue weighted by atomic mass is 10.1. The molecule has 3 N–H and O–H groups in total. The minimum Gasteiger partial charge on any atom is -0.477 e. The number of aromatic nitrogens is 2. The maximum absolute atomic E-state index is 14.7. The molecule has 0 spiro atoms. The second-order valence-corrected chi connectivity index (χ2v) is 7.05. The van der Waals surface area contributed by atoms with Gasteiger partial charge in [0.05, 0.1) is 19.0 Å². The predicted molar refractivity (Wildman–Crippen MR) is 106 cm³/mol. The van der Waals surface area contributed by atoms with Crippen LogP contribution in [0.5, 0.6) is 5.88 Å². The van der Waals surface area contributed by atoms with Crippen molar-refractivity contribution in [1.29, 1.82) is 0 Å². The maximum atomic E-state index is 14.7. The van der Waals surface area contributed by atoms with Crippen LogP contribution in [0.15, 0.2) is 35.6 Å². The number of hydrogen-bond acceptors (Lipinski definition) is 6. The Morgan fingerprint density at radius 1 is 1.39 bits per heavy atom. The molecule has 1 amide bonds. The highest BCUT2D eigenvalue weighted by atomic mass is 32.2. The first-order chi connectivity index (χ1) is 13.3. The fourth-order valence-corrected chi connectivity index (χ4v) is 2.99. The van der Waals surface area contributed by atoms with Crippen molar-refractivity contribution >= 4 is 28.5 Å². The van der Waals surface area contributed by atoms with Gasteiger partial charge in [-0.2, -0.15) is 0 Å². The number of halogens is 2. The Kier molecular flexibility index (Phi) is 7.68. The molecule has 2 rings (SSSR count). The number of amides is 1. The molecule has 0 radical (unpaired) electrons. The number of nitrogens with zero attached hydrogens (tertiary/aromatic N) is 3. The summed E-state index contributed by atoms with van der Waals surface area (Å²) in [4.78, 5) is 24.0. The molecule has 0 unspecified atom stereocenters. The minimum absolute atomic E-state index is 0.0435. The molecule has 2 aromatic rings. The summed E-state index contributed by atoms with van der Waals surface area (Å²) in [5, 5.41) is 2.09. The van der Waals surface area contributed by atoms with E-state index in [0.717, 1.165) is 17.8 Å². The lowest BCUT2D eigenvalue weighted by Gasteiger charge is -2.17. The Labute approximate surface area is 165 Å². The van der Waals surface area contributed by atoms with Crippen molar-refractivity contribution in [1.82, 2.24) is 9.97 Å². The van der Waals surface area contributed by atoms with Crippen LogP contribution in [0.4, 0.5) is 14.5 Å². The van der Waals surface area contributed by atoms with Crippen molar-refractivity contribution in [2.45, 2.75) is 25.3 Å². The van der Waals surface area contributed by atoms with E-state index in [2.05, 4.69) is 20.3 Å². The Balaban J connectivity index is 2.14. The highest BCUT2D eigenvalue weighted by molar-refractivity contribution is 8.14. The molecule has 0 saturated carbocycles. The molecule has 0 fully saturated rings. The molecule has 0 aliphatic rings. The zero-order valence-corrected chi connectivity index (χ0v) is 16.5. The maximum Gasteiger partial charge on any atom is 0.275 e. The molecule has 28 heavy (non-hydrogen) atoms. The molecular formula is C18H21F2N5O2S. The highest BCUT2D eigenvalue weighted by Gasteiger charge is 2.24. The van der Waals surface area contributed by atoms with Crippen molar-refractivity contribution in [3.8, 4) is 5.88 Å². The summed E-state index contributed by atoms with van der Waals surface area (Å²) in [6.45, 7) is 3.80. The second-order valence-electron chi connectivity index (χ2n) is 5.65. The first kappa shape index (κ1) is 21.5. The average Bonchev–Trinajstić information content (AvgIpc) is 2.69. The van der Waals surface area contributed by atoms with Crippen LogP contribution in [0.1, 0.15) is 36.1 Å². The van der Waals surface area contributed by atoms with Crippen LogP contribution in [0, 0.1) is 5.82 Å². The van der Waals surface area contributed by atoms with Crippen molar-refractivity contribution in [3.05, 3.63) is 47.7 Å². The zero-order valence-electron chi connectivity index (χ0n) is 15.6. The van der Waals surface area contributed by atoms with E-state index in [1.54, 1.807) is 13.8 Å². The van der Waals surface area contributed by atoms with Gasteiger partial charge in [0.2, 0.25) is 5.88 Å². The summed E-state index contributed by atoms with van der Waals surface area (Å²) in [5.41, 5.74) is 5.68. The smallest absolute Gasteiger partial charge is 0.275 e. The Bertz CT molecular complexity index is 848. The van der Waals surface area contributed by atoms with Crippen molar-refractivity contribution in [3.63, 3.8) is 0 Å². The Morgan fingerprint density at radius 2 is 2.14 bits per heavy atom. The van der Waals surface area contributed by atoms with Gasteiger partial charge in [-0.1, -0.05) is 11.8 Å². The molecule has 0 bridgehead atoms. The number of carbonyl (C=O) groups excluding carboxylic acids is 1. The third-order valence-corrected chi connectivity index (χ3v) is 4.68. The normalized spacial score (nSPS) is 13.7. The molecule has 0 aliphatic heterocycles. The third-order valence-electron chi connectivity index (χ3n) is 3.64. The summed E-state index contributed by atoms with van der Waals surface area (Å²) in [5.74, 6) is -0.983. The standard InChI is InChI=1S/C18H21F2N5O2S/c1-4-27-15-9-23-14(8-24-15)17(26)25-11-5-6-13(19)12(7-11)16(20)10(2)28-18(21)22-3/h5-10,16H,4H2,1-3H3,(H2,21,22)(H,25,26)/t10-,16+/m1/s1. The number of carbonyl (C=O) groups is 1. The predicted octanol–water partition coefficient (Wildman–Crippen LogP) is 3.34. The van der Waals surface area contributed by atoms with Gasteiger partial charge in [-0.3, -0.25) is 9.79 Å². The summed E-state index contributed by atoms with van der Waals surface area (Å²) >= 11 is 1.00. The van der Waals surface area contributed by atoms with Crippen LogP contribution in [-0.2, 0) is 0 Å². The van der Waals surface area contributed by atoms with Gasteiger partial charge < -0.3 is 15.8 Å². The van der Waals surface area contributed by atoms with Crippen molar-refractivity contribution in [2.24, 2.45) is 10.7 Å². The molecule has 0 aliphatic carbocycles. The lowest BCUT2D eigenvalue weighted by molar-refractivity contribution is 0.102. The van der Waals surface area contributed by atoms with E-state index in [9.17, 15) is 13.6 Å². The topological polar surface area (TPSA) is 102 Å². The number of amidine groups is 1. The fraction of sp³-hybridized carbons (Fsp3) is 0.333. The highest BCUT2D eigenvalue weighted by Crippen LogP contribution is 2.33. The van der Waals surface area contributed by atoms with Gasteiger partial charge >= 0.3 is 0 Å². The first-order valence-electron chi connectivity index (χ1n) is 8.44. The number of hydrogen-bond donors (Lipinski definition) is 2. The number of thioether (sulfide) groups is 1. The molecule has 7 nitrogen and oxygen atoms in total. The van der Waals surface area contributed by atoms with Gasteiger partial charge in [0.15, 0.2) is 5.17 Å². The summed E-state index contributed by atoms with van der Waals surface area (Å²) in [7, 11) is 1.49. The van der Waals surface area contributed by atoms with E-state index in [1.807, 2.05) is 0 Å². The molecule has 0 saturated heterocycles. The van der Waals surface area contributed by atoms with Crippen LogP contribution in [0.2, 0.25) is 0 Å². The molecule has 10 heteroatoms. The average molecular weight is 409 g/mol. The van der Waals surface area contributed by atoms with E-state index in [-0.39, 0.29) is 22.1 Å². The van der Waals surface area contributed by atoms with Gasteiger partial charge in [0.1, 0.15) is 17.7 Å². The number of nitrogens with one attached hydrogen (secondary N) is 1. The summed E-state index contributed by atoms with van der Waals surface area (Å²) < 4.78 is 34.0. The number of aliphatic imine (C=N–C) groups is 1. The van der Waals surface area contributed by atoms with E-state index in [0.29, 0.717) is 12.5 Å². The fourth-order valence-electron chi connectivity index (χ4n) is 2.24. The van der Waals surface area contributed by atoms with E-state index < -0.39 is 23.1 Å². The van der Waals surface area contributed by atoms with Crippen LogP contribution in [0.25, 0.3) is 0 Å². The molecule has 1 aromatic carbocycles. The van der Waals surface area contributed by atoms with Gasteiger partial charge in [-0.15, -0.1) is 0 Å². The SMILES string of the molecule is CCOc1cnc(C(=O)Nc2ccc(F)c([C@@H](F)[C@@H](C)S/C(N)=N\C)c2)cn1. The molecule has 1 aromatic heterocycles. The lowest BCUT2D eigenvalue weighted by Crippen LogP contribution is -2.17. The first-order valence-corrected chi connectivity index (χ1v) is 9.32. The van der Waals surface area contributed by atoms with Gasteiger partial charge in [-0.25, -0.2) is 18.7 Å². The number of nitrogens with two attached hydrogens (primary N) is 1. The van der Waals surface area contributed by atoms with Crippen molar-refractivity contribution in [2.75, 3.05) is 19.0 Å². The number of alkyl halides is 1. The van der Waals surface area contributed by atoms with E-state index >= 15 is 0 Å². The molecule has 1 heterocycles. The minimum atomic E-state index is -1.65. The van der Waals surface area contributed by atoms with Crippen LogP contribution < -0.4 is 15.8 Å². The van der Waals surface area contributed by atoms with Gasteiger partial charge in [-0.05, 0) is 32.0 Å². The summed E-state index contributed by atoms with van der Waals surface area (Å²) in [6, 6.07) is 3.68. The largest absolute Gasteiger partial charge is 0.477 e. The number of ether oxygens (including phenoxy) is 1. The number of rotatable bonds is 7. The molecule has 150 valence electrons. The van der Waals surface area contributed by atoms with Crippen LogP contribution in [-0.4, -0.2) is 39.9 Å². The van der Waals surface area contributed by atoms with Gasteiger partial charge in [0.25, 0.3) is 5.91 Å². The quantitative estimate of drug-likeness (QED) is 0.537. The van der Waals surface area contributed by atoms with Crippen LogP contribution in [0.3, 0.4) is 0 Å². The number of anilines is 1. The Morgan fingerprint density at radius 3 is 2.75 bits per heavy atom. The summed E-state index contributed by atoms with van der Waals surface area (Å²) in [6.07, 6.45) is 0.936. The van der Waals surface area contributed by atoms with Crippen LogP contribution >= 0.6 is 11.8 Å². The van der Waals surface area contributed by atoms with E-state index in [4.69, 9.17) is 10.5 Å². The third kappa shape index (κ3) is 5.62. The van der Waals surface area contributed by atoms with Crippen molar-refractivity contribution < 1.29 is 18.3 Å². The molecular weight excluding hydrogens is 388 g/mol. The second kappa shape index (κ2) is 9.98. The van der Waals surface area contributed by atoms with Gasteiger partial charge in [0, 0.05) is 23.5 Å². The van der Waals surface area contributed by atoms with E-state index in [1.165, 1.54) is 31.6 Å². The zero-order chi connectivity index (χ0) is 20.7.